The van der Waals surface area contributed by atoms with E-state index in [0.717, 1.165) is 28.3 Å². The van der Waals surface area contributed by atoms with Gasteiger partial charge in [0.25, 0.3) is 0 Å². The Balaban J connectivity index is 1.50. The number of anilines is 1. The third kappa shape index (κ3) is 4.29. The lowest BCUT2D eigenvalue weighted by atomic mass is 10.1. The van der Waals surface area contributed by atoms with Crippen LogP contribution in [0.2, 0.25) is 10.0 Å². The van der Waals surface area contributed by atoms with Gasteiger partial charge < -0.3 is 19.5 Å². The molecule has 1 aliphatic rings. The van der Waals surface area contributed by atoms with Gasteiger partial charge in [0.05, 0.1) is 5.02 Å². The number of nitrogens with one attached hydrogen (secondary N) is 1. The predicted octanol–water partition coefficient (Wildman–Crippen LogP) is 6.22. The average Bonchev–Trinajstić information content (AvgIpc) is 3.14. The summed E-state index contributed by atoms with van der Waals surface area (Å²) in [5.41, 5.74) is 4.07. The van der Waals surface area contributed by atoms with Crippen LogP contribution < -0.4 is 19.5 Å². The molecule has 0 atom stereocenters. The van der Waals surface area contributed by atoms with Gasteiger partial charge in [0, 0.05) is 28.9 Å². The van der Waals surface area contributed by atoms with E-state index in [1.807, 2.05) is 36.4 Å². The van der Waals surface area contributed by atoms with Crippen molar-refractivity contribution >= 4 is 28.9 Å². The Labute approximate surface area is 173 Å². The fourth-order valence-corrected chi connectivity index (χ4v) is 3.54. The second kappa shape index (κ2) is 8.21. The molecule has 28 heavy (non-hydrogen) atoms. The molecule has 3 aromatic carbocycles. The standard InChI is InChI=1S/C22H19Cl2NO3/c1-14-2-4-15(5-3-14)12-26-22-16(8-17(23)9-19(22)24)11-25-18-6-7-20-21(10-18)28-13-27-20/h2-10,25H,11-13H2,1H3. The van der Waals surface area contributed by atoms with Crippen molar-refractivity contribution in [3.8, 4) is 17.2 Å². The van der Waals surface area contributed by atoms with Gasteiger partial charge >= 0.3 is 0 Å². The first kappa shape index (κ1) is 18.8. The van der Waals surface area contributed by atoms with Crippen molar-refractivity contribution in [3.63, 3.8) is 0 Å². The monoisotopic (exact) mass is 415 g/mol. The lowest BCUT2D eigenvalue weighted by molar-refractivity contribution is 0.174. The van der Waals surface area contributed by atoms with Crippen LogP contribution in [-0.2, 0) is 13.2 Å². The summed E-state index contributed by atoms with van der Waals surface area (Å²) in [6.07, 6.45) is 0. The smallest absolute Gasteiger partial charge is 0.231 e. The molecule has 0 radical (unpaired) electrons. The number of rotatable bonds is 6. The molecule has 1 aliphatic heterocycles. The Morgan fingerprint density at radius 3 is 2.57 bits per heavy atom. The molecule has 4 rings (SSSR count). The Bertz CT molecular complexity index is 990. The zero-order valence-electron chi connectivity index (χ0n) is 15.3. The molecular weight excluding hydrogens is 397 g/mol. The molecule has 6 heteroatoms. The van der Waals surface area contributed by atoms with Crippen LogP contribution in [0.3, 0.4) is 0 Å². The third-order valence-electron chi connectivity index (χ3n) is 4.44. The highest BCUT2D eigenvalue weighted by Gasteiger charge is 2.15. The van der Waals surface area contributed by atoms with E-state index < -0.39 is 0 Å². The van der Waals surface area contributed by atoms with Gasteiger partial charge in [0.1, 0.15) is 12.4 Å². The zero-order valence-corrected chi connectivity index (χ0v) is 16.8. The van der Waals surface area contributed by atoms with Crippen LogP contribution in [0.25, 0.3) is 0 Å². The molecule has 144 valence electrons. The van der Waals surface area contributed by atoms with Crippen molar-refractivity contribution < 1.29 is 14.2 Å². The van der Waals surface area contributed by atoms with E-state index in [0.29, 0.717) is 28.9 Å². The summed E-state index contributed by atoms with van der Waals surface area (Å²) in [5, 5.41) is 4.41. The molecule has 4 nitrogen and oxygen atoms in total. The molecule has 1 N–H and O–H groups in total. The third-order valence-corrected chi connectivity index (χ3v) is 4.94. The summed E-state index contributed by atoms with van der Waals surface area (Å²) < 4.78 is 16.8. The number of benzene rings is 3. The minimum absolute atomic E-state index is 0.250. The lowest BCUT2D eigenvalue weighted by Crippen LogP contribution is -2.04. The van der Waals surface area contributed by atoms with Crippen molar-refractivity contribution in [2.24, 2.45) is 0 Å². The Morgan fingerprint density at radius 1 is 0.964 bits per heavy atom. The minimum Gasteiger partial charge on any atom is -0.487 e. The van der Waals surface area contributed by atoms with Crippen molar-refractivity contribution in [2.75, 3.05) is 12.1 Å². The van der Waals surface area contributed by atoms with Crippen LogP contribution in [0.5, 0.6) is 17.2 Å². The molecule has 0 bridgehead atoms. The summed E-state index contributed by atoms with van der Waals surface area (Å²) in [6.45, 7) is 3.24. The summed E-state index contributed by atoms with van der Waals surface area (Å²) in [6, 6.07) is 17.5. The Hall–Kier alpha value is -2.56. The second-order valence-electron chi connectivity index (χ2n) is 6.57. The highest BCUT2D eigenvalue weighted by molar-refractivity contribution is 6.35. The topological polar surface area (TPSA) is 39.7 Å². The largest absolute Gasteiger partial charge is 0.487 e. The van der Waals surface area contributed by atoms with E-state index in [4.69, 9.17) is 37.4 Å². The first-order valence-electron chi connectivity index (χ1n) is 8.88. The number of hydrogen-bond donors (Lipinski definition) is 1. The minimum atomic E-state index is 0.250. The van der Waals surface area contributed by atoms with Crippen molar-refractivity contribution in [1.29, 1.82) is 0 Å². The highest BCUT2D eigenvalue weighted by Crippen LogP contribution is 2.36. The molecule has 0 fully saturated rings. The predicted molar refractivity (Wildman–Crippen MR) is 112 cm³/mol. The maximum Gasteiger partial charge on any atom is 0.231 e. The summed E-state index contributed by atoms with van der Waals surface area (Å²) in [5.74, 6) is 2.10. The molecular formula is C22H19Cl2NO3. The number of fused-ring (bicyclic) bond motifs is 1. The van der Waals surface area contributed by atoms with Crippen LogP contribution in [0.15, 0.2) is 54.6 Å². The van der Waals surface area contributed by atoms with Crippen molar-refractivity contribution in [3.05, 3.63) is 81.3 Å². The van der Waals surface area contributed by atoms with E-state index >= 15 is 0 Å². The van der Waals surface area contributed by atoms with Crippen LogP contribution >= 0.6 is 23.2 Å². The van der Waals surface area contributed by atoms with Gasteiger partial charge in [-0.25, -0.2) is 0 Å². The summed E-state index contributed by atoms with van der Waals surface area (Å²) in [4.78, 5) is 0. The molecule has 0 amide bonds. The first-order chi connectivity index (χ1) is 13.6. The lowest BCUT2D eigenvalue weighted by Gasteiger charge is -2.15. The van der Waals surface area contributed by atoms with E-state index in [2.05, 4.69) is 24.4 Å². The summed E-state index contributed by atoms with van der Waals surface area (Å²) >= 11 is 12.6. The molecule has 0 saturated heterocycles. The quantitative estimate of drug-likeness (QED) is 0.518. The summed E-state index contributed by atoms with van der Waals surface area (Å²) in [7, 11) is 0. The number of aryl methyl sites for hydroxylation is 1. The van der Waals surface area contributed by atoms with Gasteiger partial charge in [-0.3, -0.25) is 0 Å². The second-order valence-corrected chi connectivity index (χ2v) is 7.42. The Morgan fingerprint density at radius 2 is 1.75 bits per heavy atom. The Kier molecular flexibility index (Phi) is 5.51. The van der Waals surface area contributed by atoms with Gasteiger partial charge in [0.2, 0.25) is 6.79 Å². The van der Waals surface area contributed by atoms with E-state index in [-0.39, 0.29) is 6.79 Å². The van der Waals surface area contributed by atoms with Crippen LogP contribution in [-0.4, -0.2) is 6.79 Å². The molecule has 0 unspecified atom stereocenters. The molecule has 0 aromatic heterocycles. The van der Waals surface area contributed by atoms with Crippen molar-refractivity contribution in [1.82, 2.24) is 0 Å². The average molecular weight is 416 g/mol. The number of hydrogen-bond acceptors (Lipinski definition) is 4. The molecule has 3 aromatic rings. The van der Waals surface area contributed by atoms with Crippen LogP contribution in [0.1, 0.15) is 16.7 Å². The van der Waals surface area contributed by atoms with E-state index in [9.17, 15) is 0 Å². The normalized spacial score (nSPS) is 12.1. The van der Waals surface area contributed by atoms with E-state index in [1.54, 1.807) is 6.07 Å². The molecule has 0 aliphatic carbocycles. The van der Waals surface area contributed by atoms with Crippen LogP contribution in [0, 0.1) is 6.92 Å². The highest BCUT2D eigenvalue weighted by atomic mass is 35.5. The van der Waals surface area contributed by atoms with Gasteiger partial charge in [-0.15, -0.1) is 0 Å². The van der Waals surface area contributed by atoms with Crippen molar-refractivity contribution in [2.45, 2.75) is 20.1 Å². The maximum absolute atomic E-state index is 6.41. The molecule has 0 spiro atoms. The fraction of sp³-hybridized carbons (Fsp3) is 0.182. The fourth-order valence-electron chi connectivity index (χ4n) is 2.95. The van der Waals surface area contributed by atoms with Gasteiger partial charge in [0.15, 0.2) is 11.5 Å². The van der Waals surface area contributed by atoms with Gasteiger partial charge in [-0.1, -0.05) is 53.0 Å². The van der Waals surface area contributed by atoms with Gasteiger partial charge in [-0.05, 0) is 36.8 Å². The van der Waals surface area contributed by atoms with E-state index in [1.165, 1.54) is 5.56 Å². The number of halogens is 2. The zero-order chi connectivity index (χ0) is 19.5. The molecule has 1 heterocycles. The first-order valence-corrected chi connectivity index (χ1v) is 9.64. The number of ether oxygens (including phenoxy) is 3. The maximum atomic E-state index is 6.41. The SMILES string of the molecule is Cc1ccc(COc2c(Cl)cc(Cl)cc2CNc2ccc3c(c2)OCO3)cc1. The van der Waals surface area contributed by atoms with Crippen LogP contribution in [0.4, 0.5) is 5.69 Å². The molecule has 0 saturated carbocycles. The van der Waals surface area contributed by atoms with Gasteiger partial charge in [-0.2, -0.15) is 0 Å².